The summed E-state index contributed by atoms with van der Waals surface area (Å²) in [6.07, 6.45) is 0. The Labute approximate surface area is 185 Å². The van der Waals surface area contributed by atoms with Crippen LogP contribution in [0, 0.1) is 11.6 Å². The van der Waals surface area contributed by atoms with Gasteiger partial charge in [-0.05, 0) is 73.2 Å². The van der Waals surface area contributed by atoms with Gasteiger partial charge in [0, 0.05) is 6.54 Å². The molecule has 0 aliphatic heterocycles. The van der Waals surface area contributed by atoms with Crippen LogP contribution >= 0.6 is 0 Å². The molecule has 0 heterocycles. The van der Waals surface area contributed by atoms with E-state index in [0.717, 1.165) is 28.6 Å². The summed E-state index contributed by atoms with van der Waals surface area (Å²) in [6, 6.07) is 16.2. The number of halogens is 2. The van der Waals surface area contributed by atoms with Crippen molar-refractivity contribution in [2.45, 2.75) is 18.4 Å². The number of sulfonamides is 1. The third kappa shape index (κ3) is 5.82. The van der Waals surface area contributed by atoms with Crippen molar-refractivity contribution in [3.05, 3.63) is 90.0 Å². The van der Waals surface area contributed by atoms with Gasteiger partial charge in [-0.3, -0.25) is 9.10 Å². The lowest BCUT2D eigenvalue weighted by Gasteiger charge is -2.24. The Morgan fingerprint density at radius 3 is 2.03 bits per heavy atom. The largest absolute Gasteiger partial charge is 0.494 e. The van der Waals surface area contributed by atoms with Gasteiger partial charge < -0.3 is 10.1 Å². The maximum Gasteiger partial charge on any atom is 0.264 e. The number of rotatable bonds is 9. The van der Waals surface area contributed by atoms with Crippen molar-refractivity contribution >= 4 is 21.6 Å². The Bertz CT molecular complexity index is 1150. The highest BCUT2D eigenvalue weighted by Crippen LogP contribution is 2.26. The number of benzene rings is 3. The first kappa shape index (κ1) is 23.2. The zero-order valence-electron chi connectivity index (χ0n) is 17.3. The van der Waals surface area contributed by atoms with Crippen molar-refractivity contribution in [2.24, 2.45) is 0 Å². The van der Waals surface area contributed by atoms with Crippen molar-refractivity contribution in [3.8, 4) is 5.75 Å². The highest BCUT2D eigenvalue weighted by Gasteiger charge is 2.27. The third-order valence-electron chi connectivity index (χ3n) is 4.53. The molecule has 0 unspecified atom stereocenters. The SMILES string of the molecule is CCOc1ccc(N(CC(=O)NCc2ccc(F)cc2)S(=O)(=O)c2ccc(F)cc2)cc1. The fourth-order valence-electron chi connectivity index (χ4n) is 2.91. The minimum atomic E-state index is -4.16. The van der Waals surface area contributed by atoms with Gasteiger partial charge >= 0.3 is 0 Å². The second-order valence-corrected chi connectivity index (χ2v) is 8.66. The topological polar surface area (TPSA) is 75.7 Å². The molecule has 0 bridgehead atoms. The minimum Gasteiger partial charge on any atom is -0.494 e. The van der Waals surface area contributed by atoms with E-state index in [-0.39, 0.29) is 17.1 Å². The van der Waals surface area contributed by atoms with E-state index in [4.69, 9.17) is 4.74 Å². The Kier molecular flexibility index (Phi) is 7.42. The van der Waals surface area contributed by atoms with E-state index in [2.05, 4.69) is 5.32 Å². The molecule has 1 amide bonds. The Balaban J connectivity index is 1.84. The lowest BCUT2D eigenvalue weighted by atomic mass is 10.2. The first-order valence-corrected chi connectivity index (χ1v) is 11.3. The zero-order valence-corrected chi connectivity index (χ0v) is 18.1. The van der Waals surface area contributed by atoms with Crippen LogP contribution in [0.5, 0.6) is 5.75 Å². The fraction of sp³-hybridized carbons (Fsp3) is 0.174. The quantitative estimate of drug-likeness (QED) is 0.526. The second-order valence-electron chi connectivity index (χ2n) is 6.80. The summed E-state index contributed by atoms with van der Waals surface area (Å²) in [5, 5.41) is 2.63. The van der Waals surface area contributed by atoms with E-state index in [1.807, 2.05) is 6.92 Å². The third-order valence-corrected chi connectivity index (χ3v) is 6.32. The van der Waals surface area contributed by atoms with Gasteiger partial charge in [0.25, 0.3) is 10.0 Å². The molecule has 0 atom stereocenters. The number of hydrogen-bond acceptors (Lipinski definition) is 4. The molecule has 3 aromatic rings. The molecule has 0 radical (unpaired) electrons. The van der Waals surface area contributed by atoms with Crippen molar-refractivity contribution in [1.82, 2.24) is 5.32 Å². The van der Waals surface area contributed by atoms with E-state index < -0.39 is 34.1 Å². The molecule has 0 spiro atoms. The van der Waals surface area contributed by atoms with E-state index in [1.54, 1.807) is 12.1 Å². The van der Waals surface area contributed by atoms with E-state index in [0.29, 0.717) is 17.9 Å². The Hall–Kier alpha value is -3.46. The predicted molar refractivity (Wildman–Crippen MR) is 117 cm³/mol. The van der Waals surface area contributed by atoms with Gasteiger partial charge in [0.05, 0.1) is 17.2 Å². The molecule has 0 saturated heterocycles. The summed E-state index contributed by atoms with van der Waals surface area (Å²) in [5.41, 5.74) is 0.906. The molecule has 3 aromatic carbocycles. The van der Waals surface area contributed by atoms with Crippen LogP contribution in [0.2, 0.25) is 0 Å². The Morgan fingerprint density at radius 1 is 0.906 bits per heavy atom. The molecule has 9 heteroatoms. The highest BCUT2D eigenvalue weighted by molar-refractivity contribution is 7.92. The number of carbonyl (C=O) groups excluding carboxylic acids is 1. The van der Waals surface area contributed by atoms with Crippen LogP contribution in [-0.4, -0.2) is 27.5 Å². The van der Waals surface area contributed by atoms with E-state index >= 15 is 0 Å². The van der Waals surface area contributed by atoms with Crippen LogP contribution in [-0.2, 0) is 21.4 Å². The van der Waals surface area contributed by atoms with Crippen LogP contribution < -0.4 is 14.4 Å². The van der Waals surface area contributed by atoms with Crippen molar-refractivity contribution in [3.63, 3.8) is 0 Å². The summed E-state index contributed by atoms with van der Waals surface area (Å²) in [7, 11) is -4.16. The van der Waals surface area contributed by atoms with Crippen molar-refractivity contribution in [2.75, 3.05) is 17.5 Å². The van der Waals surface area contributed by atoms with Crippen molar-refractivity contribution in [1.29, 1.82) is 0 Å². The molecule has 1 N–H and O–H groups in total. The molecule has 0 saturated carbocycles. The van der Waals surface area contributed by atoms with E-state index in [9.17, 15) is 22.0 Å². The van der Waals surface area contributed by atoms with Crippen molar-refractivity contribution < 1.29 is 26.7 Å². The predicted octanol–water partition coefficient (Wildman–Crippen LogP) is 3.88. The standard InChI is InChI=1S/C23H22F2N2O4S/c1-2-31-21-11-9-20(10-12-21)27(32(29,30)22-13-7-19(25)8-14-22)16-23(28)26-15-17-3-5-18(24)6-4-17/h3-14H,2,15-16H2,1H3,(H,26,28). The summed E-state index contributed by atoms with van der Waals surface area (Å²) in [4.78, 5) is 12.4. The normalized spacial score (nSPS) is 11.1. The number of amides is 1. The zero-order chi connectivity index (χ0) is 23.1. The van der Waals surface area contributed by atoms with Crippen LogP contribution in [0.3, 0.4) is 0 Å². The van der Waals surface area contributed by atoms with Crippen LogP contribution in [0.4, 0.5) is 14.5 Å². The molecule has 168 valence electrons. The average Bonchev–Trinajstić information content (AvgIpc) is 2.78. The van der Waals surface area contributed by atoms with Gasteiger partial charge in [-0.15, -0.1) is 0 Å². The smallest absolute Gasteiger partial charge is 0.264 e. The summed E-state index contributed by atoms with van der Waals surface area (Å²) in [5.74, 6) is -0.981. The van der Waals surface area contributed by atoms with Gasteiger partial charge in [0.15, 0.2) is 0 Å². The average molecular weight is 461 g/mol. The molecule has 0 fully saturated rings. The van der Waals surface area contributed by atoms with E-state index in [1.165, 1.54) is 36.4 Å². The maximum atomic E-state index is 13.3. The number of ether oxygens (including phenoxy) is 1. The number of carbonyl (C=O) groups is 1. The molecular formula is C23H22F2N2O4S. The van der Waals surface area contributed by atoms with Gasteiger partial charge in [-0.25, -0.2) is 17.2 Å². The lowest BCUT2D eigenvalue weighted by Crippen LogP contribution is -2.40. The number of nitrogens with zero attached hydrogens (tertiary/aromatic N) is 1. The van der Waals surface area contributed by atoms with Crippen LogP contribution in [0.25, 0.3) is 0 Å². The Morgan fingerprint density at radius 2 is 1.47 bits per heavy atom. The molecule has 32 heavy (non-hydrogen) atoms. The first-order chi connectivity index (χ1) is 15.3. The summed E-state index contributed by atoms with van der Waals surface area (Å²) in [6.45, 7) is 1.87. The molecule has 6 nitrogen and oxygen atoms in total. The number of hydrogen-bond donors (Lipinski definition) is 1. The molecule has 3 rings (SSSR count). The molecular weight excluding hydrogens is 438 g/mol. The van der Waals surface area contributed by atoms with Gasteiger partial charge in [0.1, 0.15) is 23.9 Å². The monoisotopic (exact) mass is 460 g/mol. The van der Waals surface area contributed by atoms with Crippen LogP contribution in [0.15, 0.2) is 77.7 Å². The van der Waals surface area contributed by atoms with Gasteiger partial charge in [-0.1, -0.05) is 12.1 Å². The second kappa shape index (κ2) is 10.2. The molecule has 0 aromatic heterocycles. The maximum absolute atomic E-state index is 13.3. The fourth-order valence-corrected chi connectivity index (χ4v) is 4.33. The van der Waals surface area contributed by atoms with Gasteiger partial charge in [-0.2, -0.15) is 0 Å². The van der Waals surface area contributed by atoms with Crippen LogP contribution in [0.1, 0.15) is 12.5 Å². The first-order valence-electron chi connectivity index (χ1n) is 9.82. The summed E-state index contributed by atoms with van der Waals surface area (Å²) >= 11 is 0. The minimum absolute atomic E-state index is 0.104. The highest BCUT2D eigenvalue weighted by atomic mass is 32.2. The number of nitrogens with one attached hydrogen (secondary N) is 1. The molecule has 0 aliphatic rings. The lowest BCUT2D eigenvalue weighted by molar-refractivity contribution is -0.119. The molecule has 0 aliphatic carbocycles. The summed E-state index contributed by atoms with van der Waals surface area (Å²) < 4.78 is 59.2. The van der Waals surface area contributed by atoms with Gasteiger partial charge in [0.2, 0.25) is 5.91 Å². The number of anilines is 1.